The van der Waals surface area contributed by atoms with Crippen LogP contribution in [0.3, 0.4) is 0 Å². The highest BCUT2D eigenvalue weighted by Crippen LogP contribution is 2.25. The Balaban J connectivity index is 1.76. The second-order valence-electron chi connectivity index (χ2n) is 7.19. The predicted octanol–water partition coefficient (Wildman–Crippen LogP) is 3.03. The van der Waals surface area contributed by atoms with E-state index in [1.165, 1.54) is 56.1 Å². The van der Waals surface area contributed by atoms with Crippen LogP contribution in [0, 0.1) is 20.8 Å². The molecule has 0 spiro atoms. The first-order chi connectivity index (χ1) is 11.1. The van der Waals surface area contributed by atoms with Gasteiger partial charge in [0.25, 0.3) is 0 Å². The van der Waals surface area contributed by atoms with Gasteiger partial charge in [-0.25, -0.2) is 0 Å². The molecule has 3 N–H and O–H groups in total. The quantitative estimate of drug-likeness (QED) is 0.846. The molecule has 1 aliphatic rings. The van der Waals surface area contributed by atoms with Crippen molar-refractivity contribution < 1.29 is 15.2 Å². The molecule has 1 fully saturated rings. The zero-order valence-corrected chi connectivity index (χ0v) is 15.1. The van der Waals surface area contributed by atoms with Gasteiger partial charge in [0, 0.05) is 0 Å². The Hall–Kier alpha value is -1.06. The SMILES string of the molecule is Cc1ccc(C)c(OC[C@@H](O)C[NH2+]C2CCCCCCC2)c1C. The van der Waals surface area contributed by atoms with Crippen LogP contribution in [0.15, 0.2) is 12.1 Å². The van der Waals surface area contributed by atoms with Crippen molar-refractivity contribution >= 4 is 0 Å². The van der Waals surface area contributed by atoms with E-state index in [1.54, 1.807) is 0 Å². The number of rotatable bonds is 6. The summed E-state index contributed by atoms with van der Waals surface area (Å²) in [7, 11) is 0. The first-order valence-electron chi connectivity index (χ1n) is 9.29. The van der Waals surface area contributed by atoms with Crippen LogP contribution >= 0.6 is 0 Å². The average molecular weight is 320 g/mol. The Bertz CT molecular complexity index is 479. The van der Waals surface area contributed by atoms with Gasteiger partial charge in [-0.1, -0.05) is 31.4 Å². The molecule has 2 rings (SSSR count). The Morgan fingerprint density at radius 1 is 1.04 bits per heavy atom. The zero-order chi connectivity index (χ0) is 16.7. The predicted molar refractivity (Wildman–Crippen MR) is 95.1 cm³/mol. The molecule has 23 heavy (non-hydrogen) atoms. The maximum absolute atomic E-state index is 10.3. The number of aryl methyl sites for hydroxylation is 2. The smallest absolute Gasteiger partial charge is 0.137 e. The Kier molecular flexibility index (Phi) is 7.38. The standard InChI is InChI=1S/C20H33NO2/c1-15-11-12-16(2)20(17(15)3)23-14-19(22)13-21-18-9-7-5-4-6-8-10-18/h11-12,18-19,21-22H,4-10,13-14H2,1-3H3/p+1/t19-/m0/s1. The fourth-order valence-corrected chi connectivity index (χ4v) is 3.47. The van der Waals surface area contributed by atoms with Crippen molar-refractivity contribution in [2.45, 2.75) is 77.9 Å². The van der Waals surface area contributed by atoms with E-state index in [0.29, 0.717) is 12.6 Å². The highest BCUT2D eigenvalue weighted by atomic mass is 16.5. The molecule has 0 aliphatic heterocycles. The number of aliphatic hydroxyl groups excluding tert-OH is 1. The Labute approximate surface area is 141 Å². The van der Waals surface area contributed by atoms with Gasteiger partial charge >= 0.3 is 0 Å². The topological polar surface area (TPSA) is 46.1 Å². The van der Waals surface area contributed by atoms with Crippen molar-refractivity contribution in [2.24, 2.45) is 0 Å². The third-order valence-corrected chi connectivity index (χ3v) is 5.18. The maximum atomic E-state index is 10.3. The molecule has 0 aromatic heterocycles. The van der Waals surface area contributed by atoms with Crippen LogP contribution in [-0.4, -0.2) is 30.4 Å². The summed E-state index contributed by atoms with van der Waals surface area (Å²) in [5, 5.41) is 12.6. The second-order valence-corrected chi connectivity index (χ2v) is 7.19. The van der Waals surface area contributed by atoms with Crippen LogP contribution in [-0.2, 0) is 0 Å². The number of hydrogen-bond donors (Lipinski definition) is 2. The van der Waals surface area contributed by atoms with Gasteiger partial charge < -0.3 is 15.2 Å². The minimum atomic E-state index is -0.403. The zero-order valence-electron chi connectivity index (χ0n) is 15.1. The highest BCUT2D eigenvalue weighted by molar-refractivity contribution is 5.44. The molecule has 1 aliphatic carbocycles. The lowest BCUT2D eigenvalue weighted by molar-refractivity contribution is -0.696. The van der Waals surface area contributed by atoms with Crippen LogP contribution in [0.4, 0.5) is 0 Å². The van der Waals surface area contributed by atoms with Gasteiger partial charge in [-0.05, 0) is 63.1 Å². The molecule has 3 heteroatoms. The van der Waals surface area contributed by atoms with Crippen molar-refractivity contribution in [2.75, 3.05) is 13.2 Å². The van der Waals surface area contributed by atoms with E-state index in [0.717, 1.165) is 17.9 Å². The van der Waals surface area contributed by atoms with E-state index < -0.39 is 6.10 Å². The van der Waals surface area contributed by atoms with E-state index in [4.69, 9.17) is 4.74 Å². The van der Waals surface area contributed by atoms with Crippen LogP contribution in [0.1, 0.15) is 61.6 Å². The third-order valence-electron chi connectivity index (χ3n) is 5.18. The van der Waals surface area contributed by atoms with E-state index in [-0.39, 0.29) is 0 Å². The molecule has 0 unspecified atom stereocenters. The van der Waals surface area contributed by atoms with E-state index in [2.05, 4.69) is 38.2 Å². The normalized spacial score (nSPS) is 18.3. The van der Waals surface area contributed by atoms with Crippen LogP contribution in [0.25, 0.3) is 0 Å². The lowest BCUT2D eigenvalue weighted by Gasteiger charge is -2.20. The van der Waals surface area contributed by atoms with Gasteiger partial charge in [-0.3, -0.25) is 0 Å². The second kappa shape index (κ2) is 9.29. The summed E-state index contributed by atoms with van der Waals surface area (Å²) in [5.74, 6) is 0.940. The van der Waals surface area contributed by atoms with Gasteiger partial charge in [0.15, 0.2) is 0 Å². The molecule has 130 valence electrons. The molecule has 1 aromatic rings. The van der Waals surface area contributed by atoms with Crippen molar-refractivity contribution in [3.63, 3.8) is 0 Å². The largest absolute Gasteiger partial charge is 0.490 e. The lowest BCUT2D eigenvalue weighted by atomic mass is 9.96. The number of aliphatic hydroxyl groups is 1. The fraction of sp³-hybridized carbons (Fsp3) is 0.700. The Morgan fingerprint density at radius 3 is 2.35 bits per heavy atom. The number of benzene rings is 1. The van der Waals surface area contributed by atoms with Crippen molar-refractivity contribution in [1.29, 1.82) is 0 Å². The van der Waals surface area contributed by atoms with Gasteiger partial charge in [-0.2, -0.15) is 0 Å². The van der Waals surface area contributed by atoms with Gasteiger partial charge in [0.2, 0.25) is 0 Å². The van der Waals surface area contributed by atoms with E-state index >= 15 is 0 Å². The summed E-state index contributed by atoms with van der Waals surface area (Å²) in [6.45, 7) is 7.38. The van der Waals surface area contributed by atoms with Gasteiger partial charge in [0.05, 0.1) is 6.04 Å². The summed E-state index contributed by atoms with van der Waals surface area (Å²) >= 11 is 0. The van der Waals surface area contributed by atoms with Crippen molar-refractivity contribution in [1.82, 2.24) is 0 Å². The molecule has 0 bridgehead atoms. The highest BCUT2D eigenvalue weighted by Gasteiger charge is 2.17. The van der Waals surface area contributed by atoms with E-state index in [1.807, 2.05) is 0 Å². The number of nitrogens with two attached hydrogens (primary N) is 1. The van der Waals surface area contributed by atoms with Gasteiger partial charge in [-0.15, -0.1) is 0 Å². The molecule has 0 radical (unpaired) electrons. The minimum absolute atomic E-state index is 0.383. The monoisotopic (exact) mass is 320 g/mol. The van der Waals surface area contributed by atoms with E-state index in [9.17, 15) is 5.11 Å². The summed E-state index contributed by atoms with van der Waals surface area (Å²) in [6, 6.07) is 4.90. The summed E-state index contributed by atoms with van der Waals surface area (Å²) < 4.78 is 5.92. The third kappa shape index (κ3) is 5.82. The van der Waals surface area contributed by atoms with Crippen molar-refractivity contribution in [3.05, 3.63) is 28.8 Å². The first kappa shape index (κ1) is 18.3. The van der Waals surface area contributed by atoms with Crippen LogP contribution < -0.4 is 10.1 Å². The number of quaternary nitrogens is 1. The van der Waals surface area contributed by atoms with Crippen LogP contribution in [0.5, 0.6) is 5.75 Å². The molecular formula is C20H34NO2+. The molecular weight excluding hydrogens is 286 g/mol. The van der Waals surface area contributed by atoms with Gasteiger partial charge in [0.1, 0.15) is 25.0 Å². The number of hydrogen-bond acceptors (Lipinski definition) is 2. The summed E-state index contributed by atoms with van der Waals surface area (Å²) in [4.78, 5) is 0. The lowest BCUT2D eigenvalue weighted by Crippen LogP contribution is -2.92. The maximum Gasteiger partial charge on any atom is 0.137 e. The first-order valence-corrected chi connectivity index (χ1v) is 9.29. The number of ether oxygens (including phenoxy) is 1. The molecule has 1 atom stereocenters. The molecule has 0 amide bonds. The molecule has 0 heterocycles. The molecule has 0 saturated heterocycles. The minimum Gasteiger partial charge on any atom is -0.490 e. The Morgan fingerprint density at radius 2 is 1.65 bits per heavy atom. The summed E-state index contributed by atoms with van der Waals surface area (Å²) in [6.07, 6.45) is 9.03. The van der Waals surface area contributed by atoms with Crippen LogP contribution in [0.2, 0.25) is 0 Å². The average Bonchev–Trinajstić information content (AvgIpc) is 2.50. The van der Waals surface area contributed by atoms with Crippen molar-refractivity contribution in [3.8, 4) is 5.75 Å². The summed E-state index contributed by atoms with van der Waals surface area (Å²) in [5.41, 5.74) is 3.56. The molecule has 1 saturated carbocycles. The molecule has 3 nitrogen and oxygen atoms in total. The fourth-order valence-electron chi connectivity index (χ4n) is 3.47. The molecule has 1 aromatic carbocycles.